The predicted molar refractivity (Wildman–Crippen MR) is 65.5 cm³/mol. The molecule has 0 atom stereocenters. The normalized spacial score (nSPS) is 10.8. The van der Waals surface area contributed by atoms with Gasteiger partial charge < -0.3 is 10.1 Å². The van der Waals surface area contributed by atoms with E-state index in [2.05, 4.69) is 45.1 Å². The molecular formula is C13H21NO. The summed E-state index contributed by atoms with van der Waals surface area (Å²) in [5.41, 5.74) is 1.14. The van der Waals surface area contributed by atoms with Gasteiger partial charge >= 0.3 is 0 Å². The van der Waals surface area contributed by atoms with E-state index in [0.717, 1.165) is 18.0 Å². The van der Waals surface area contributed by atoms with Gasteiger partial charge in [-0.05, 0) is 44.0 Å². The van der Waals surface area contributed by atoms with E-state index in [-0.39, 0.29) is 0 Å². The number of anilines is 1. The number of hydrogen-bond donors (Lipinski definition) is 1. The highest BCUT2D eigenvalue weighted by Crippen LogP contribution is 2.16. The summed E-state index contributed by atoms with van der Waals surface area (Å²) in [5.74, 6) is 1.51. The smallest absolute Gasteiger partial charge is 0.119 e. The lowest BCUT2D eigenvalue weighted by atomic mass is 10.2. The Morgan fingerprint density at radius 1 is 1.07 bits per heavy atom. The minimum Gasteiger partial charge on any atom is -0.493 e. The van der Waals surface area contributed by atoms with Crippen LogP contribution in [0.4, 0.5) is 5.69 Å². The summed E-state index contributed by atoms with van der Waals surface area (Å²) in [6.07, 6.45) is 0. The Morgan fingerprint density at radius 3 is 2.13 bits per heavy atom. The first-order valence-corrected chi connectivity index (χ1v) is 5.57. The molecule has 0 radical (unpaired) electrons. The maximum atomic E-state index is 5.60. The van der Waals surface area contributed by atoms with Crippen LogP contribution in [0.5, 0.6) is 5.75 Å². The molecule has 2 nitrogen and oxygen atoms in total. The third kappa shape index (κ3) is 4.73. The van der Waals surface area contributed by atoms with Crippen molar-refractivity contribution in [2.24, 2.45) is 5.92 Å². The van der Waals surface area contributed by atoms with Crippen LogP contribution in [0, 0.1) is 5.92 Å². The number of ether oxygens (including phenoxy) is 1. The Labute approximate surface area is 92.6 Å². The lowest BCUT2D eigenvalue weighted by molar-refractivity contribution is 0.271. The molecule has 0 aliphatic carbocycles. The summed E-state index contributed by atoms with van der Waals surface area (Å²) < 4.78 is 5.60. The van der Waals surface area contributed by atoms with Crippen LogP contribution in [0.2, 0.25) is 0 Å². The summed E-state index contributed by atoms with van der Waals surface area (Å²) in [5, 5.41) is 3.34. The molecule has 0 saturated heterocycles. The van der Waals surface area contributed by atoms with Crippen molar-refractivity contribution in [2.45, 2.75) is 33.7 Å². The summed E-state index contributed by atoms with van der Waals surface area (Å²) in [4.78, 5) is 0. The summed E-state index contributed by atoms with van der Waals surface area (Å²) >= 11 is 0. The van der Waals surface area contributed by atoms with Crippen LogP contribution in [0.1, 0.15) is 27.7 Å². The van der Waals surface area contributed by atoms with Crippen LogP contribution in [0.3, 0.4) is 0 Å². The molecule has 0 heterocycles. The molecule has 0 fully saturated rings. The second kappa shape index (κ2) is 5.64. The van der Waals surface area contributed by atoms with Gasteiger partial charge in [0.1, 0.15) is 5.75 Å². The predicted octanol–water partition coefficient (Wildman–Crippen LogP) is 3.54. The number of benzene rings is 1. The number of hydrogen-bond acceptors (Lipinski definition) is 2. The first-order chi connectivity index (χ1) is 7.08. The molecule has 0 aliphatic heterocycles. The molecule has 0 aromatic heterocycles. The largest absolute Gasteiger partial charge is 0.493 e. The van der Waals surface area contributed by atoms with Gasteiger partial charge in [-0.25, -0.2) is 0 Å². The Balaban J connectivity index is 2.49. The van der Waals surface area contributed by atoms with E-state index in [1.807, 2.05) is 12.1 Å². The van der Waals surface area contributed by atoms with E-state index < -0.39 is 0 Å². The van der Waals surface area contributed by atoms with Crippen molar-refractivity contribution >= 4 is 5.69 Å². The van der Waals surface area contributed by atoms with Gasteiger partial charge in [0.2, 0.25) is 0 Å². The Hall–Kier alpha value is -1.18. The van der Waals surface area contributed by atoms with Gasteiger partial charge in [0.05, 0.1) is 6.61 Å². The summed E-state index contributed by atoms with van der Waals surface area (Å²) in [6, 6.07) is 8.58. The Kier molecular flexibility index (Phi) is 4.47. The number of rotatable bonds is 5. The average molecular weight is 207 g/mol. The Morgan fingerprint density at radius 2 is 1.67 bits per heavy atom. The van der Waals surface area contributed by atoms with Crippen molar-refractivity contribution in [3.63, 3.8) is 0 Å². The van der Waals surface area contributed by atoms with E-state index in [1.165, 1.54) is 0 Å². The molecule has 1 rings (SSSR count). The third-order valence-corrected chi connectivity index (χ3v) is 1.89. The standard InChI is InChI=1S/C13H21NO/c1-10(2)9-15-13-7-5-12(6-8-13)14-11(3)4/h5-8,10-11,14H,9H2,1-4H3. The van der Waals surface area contributed by atoms with Gasteiger partial charge in [0.15, 0.2) is 0 Å². The minimum absolute atomic E-state index is 0.465. The molecule has 1 N–H and O–H groups in total. The van der Waals surface area contributed by atoms with Crippen LogP contribution >= 0.6 is 0 Å². The maximum absolute atomic E-state index is 5.60. The molecule has 1 aromatic carbocycles. The zero-order chi connectivity index (χ0) is 11.3. The fourth-order valence-corrected chi connectivity index (χ4v) is 1.24. The van der Waals surface area contributed by atoms with E-state index in [1.54, 1.807) is 0 Å². The lowest BCUT2D eigenvalue weighted by Gasteiger charge is -2.12. The maximum Gasteiger partial charge on any atom is 0.119 e. The van der Waals surface area contributed by atoms with Gasteiger partial charge in [-0.1, -0.05) is 13.8 Å². The average Bonchev–Trinajstić information content (AvgIpc) is 2.16. The molecule has 84 valence electrons. The van der Waals surface area contributed by atoms with Crippen LogP contribution < -0.4 is 10.1 Å². The zero-order valence-electron chi connectivity index (χ0n) is 10.1. The molecule has 0 bridgehead atoms. The molecule has 0 spiro atoms. The number of nitrogens with one attached hydrogen (secondary N) is 1. The third-order valence-electron chi connectivity index (χ3n) is 1.89. The highest BCUT2D eigenvalue weighted by Gasteiger charge is 1.98. The molecule has 2 heteroatoms. The van der Waals surface area contributed by atoms with Crippen LogP contribution in [0.25, 0.3) is 0 Å². The highest BCUT2D eigenvalue weighted by molar-refractivity contribution is 5.46. The second-order valence-electron chi connectivity index (χ2n) is 4.53. The first kappa shape index (κ1) is 11.9. The molecule has 0 saturated carbocycles. The van der Waals surface area contributed by atoms with Crippen molar-refractivity contribution in [2.75, 3.05) is 11.9 Å². The SMILES string of the molecule is CC(C)COc1ccc(NC(C)C)cc1. The van der Waals surface area contributed by atoms with Crippen molar-refractivity contribution in [3.05, 3.63) is 24.3 Å². The fraction of sp³-hybridized carbons (Fsp3) is 0.538. The first-order valence-electron chi connectivity index (χ1n) is 5.57. The molecule has 15 heavy (non-hydrogen) atoms. The molecule has 0 aliphatic rings. The molecule has 1 aromatic rings. The molecule has 0 amide bonds. The van der Waals surface area contributed by atoms with Gasteiger partial charge in [0, 0.05) is 11.7 Å². The summed E-state index contributed by atoms with van der Waals surface area (Å²) in [7, 11) is 0. The van der Waals surface area contributed by atoms with Gasteiger partial charge in [-0.3, -0.25) is 0 Å². The van der Waals surface area contributed by atoms with E-state index >= 15 is 0 Å². The molecule has 0 unspecified atom stereocenters. The van der Waals surface area contributed by atoms with Crippen molar-refractivity contribution in [3.8, 4) is 5.75 Å². The zero-order valence-corrected chi connectivity index (χ0v) is 10.1. The van der Waals surface area contributed by atoms with Gasteiger partial charge in [0.25, 0.3) is 0 Å². The van der Waals surface area contributed by atoms with Crippen molar-refractivity contribution < 1.29 is 4.74 Å². The van der Waals surface area contributed by atoms with E-state index in [0.29, 0.717) is 12.0 Å². The van der Waals surface area contributed by atoms with Gasteiger partial charge in [-0.2, -0.15) is 0 Å². The van der Waals surface area contributed by atoms with Crippen molar-refractivity contribution in [1.29, 1.82) is 0 Å². The second-order valence-corrected chi connectivity index (χ2v) is 4.53. The highest BCUT2D eigenvalue weighted by atomic mass is 16.5. The fourth-order valence-electron chi connectivity index (χ4n) is 1.24. The van der Waals surface area contributed by atoms with Crippen LogP contribution in [-0.4, -0.2) is 12.6 Å². The topological polar surface area (TPSA) is 21.3 Å². The Bertz CT molecular complexity index is 277. The van der Waals surface area contributed by atoms with Crippen molar-refractivity contribution in [1.82, 2.24) is 0 Å². The minimum atomic E-state index is 0.465. The van der Waals surface area contributed by atoms with Crippen LogP contribution in [-0.2, 0) is 0 Å². The molecular weight excluding hydrogens is 186 g/mol. The quantitative estimate of drug-likeness (QED) is 0.797. The van der Waals surface area contributed by atoms with Gasteiger partial charge in [-0.15, -0.1) is 0 Å². The van der Waals surface area contributed by atoms with E-state index in [9.17, 15) is 0 Å². The monoisotopic (exact) mass is 207 g/mol. The van der Waals surface area contributed by atoms with E-state index in [4.69, 9.17) is 4.74 Å². The lowest BCUT2D eigenvalue weighted by Crippen LogP contribution is -2.09. The van der Waals surface area contributed by atoms with Crippen LogP contribution in [0.15, 0.2) is 24.3 Å². The summed E-state index contributed by atoms with van der Waals surface area (Å²) in [6.45, 7) is 9.33.